The number of nitrogens with two attached hydrogens (primary N) is 3. The summed E-state index contributed by atoms with van der Waals surface area (Å²) in [5.41, 5.74) is 15.7. The van der Waals surface area contributed by atoms with Crippen LogP contribution in [0.2, 0.25) is 0 Å². The highest BCUT2D eigenvalue weighted by molar-refractivity contribution is 5.96. The van der Waals surface area contributed by atoms with Gasteiger partial charge in [0.2, 0.25) is 29.5 Å². The molecular formula is C17H28N6O9. The smallest absolute Gasteiger partial charge is 0.325 e. The first-order chi connectivity index (χ1) is 14.7. The second-order valence-electron chi connectivity index (χ2n) is 6.91. The summed E-state index contributed by atoms with van der Waals surface area (Å²) >= 11 is 0. The molecule has 4 unspecified atom stereocenters. The normalized spacial score (nSPS) is 14.2. The zero-order chi connectivity index (χ0) is 25.0. The zero-order valence-corrected chi connectivity index (χ0v) is 17.3. The van der Waals surface area contributed by atoms with Crippen molar-refractivity contribution in [1.82, 2.24) is 16.0 Å². The molecule has 15 nitrogen and oxygen atoms in total. The van der Waals surface area contributed by atoms with Crippen molar-refractivity contribution in [2.75, 3.05) is 0 Å². The molecule has 180 valence electrons. The van der Waals surface area contributed by atoms with E-state index in [4.69, 9.17) is 27.4 Å². The Hall–Kier alpha value is -3.75. The Morgan fingerprint density at radius 3 is 1.75 bits per heavy atom. The van der Waals surface area contributed by atoms with E-state index in [0.717, 1.165) is 6.92 Å². The van der Waals surface area contributed by atoms with Crippen LogP contribution in [-0.4, -0.2) is 75.9 Å². The SMILES string of the molecule is CC(NC(=O)C(CCC(=O)O)NC(=O)C(CC(N)=O)NC(=O)C(N)CCC(N)=O)C(=O)O. The number of primary amides is 2. The van der Waals surface area contributed by atoms with Crippen molar-refractivity contribution in [3.63, 3.8) is 0 Å². The highest BCUT2D eigenvalue weighted by Crippen LogP contribution is 2.03. The Labute approximate surface area is 182 Å². The molecule has 0 aromatic carbocycles. The van der Waals surface area contributed by atoms with E-state index in [1.54, 1.807) is 0 Å². The van der Waals surface area contributed by atoms with Crippen LogP contribution >= 0.6 is 0 Å². The lowest BCUT2D eigenvalue weighted by molar-refractivity contribution is -0.142. The van der Waals surface area contributed by atoms with Gasteiger partial charge in [-0.15, -0.1) is 0 Å². The molecule has 0 rings (SSSR count). The minimum Gasteiger partial charge on any atom is -0.481 e. The van der Waals surface area contributed by atoms with Gasteiger partial charge in [-0.2, -0.15) is 0 Å². The molecule has 32 heavy (non-hydrogen) atoms. The standard InChI is InChI=1S/C17H28N6O9/c1-7(17(31)32)21-15(29)9(3-5-13(26)27)22-16(30)10(6-12(20)25)23-14(28)8(18)2-4-11(19)24/h7-10H,2-6,18H2,1H3,(H2,19,24)(H2,20,25)(H,21,29)(H,22,30)(H,23,28)(H,26,27)(H,31,32). The molecule has 0 spiro atoms. The van der Waals surface area contributed by atoms with Crippen LogP contribution in [-0.2, 0) is 33.6 Å². The number of carboxylic acids is 2. The Morgan fingerprint density at radius 1 is 0.750 bits per heavy atom. The summed E-state index contributed by atoms with van der Waals surface area (Å²) in [6, 6.07) is -5.64. The van der Waals surface area contributed by atoms with Gasteiger partial charge in [-0.1, -0.05) is 0 Å². The first kappa shape index (κ1) is 28.2. The van der Waals surface area contributed by atoms with Gasteiger partial charge < -0.3 is 43.4 Å². The summed E-state index contributed by atoms with van der Waals surface area (Å²) < 4.78 is 0. The van der Waals surface area contributed by atoms with Crippen LogP contribution in [0.3, 0.4) is 0 Å². The number of hydrogen-bond acceptors (Lipinski definition) is 8. The minimum absolute atomic E-state index is 0.136. The van der Waals surface area contributed by atoms with Crippen LogP contribution in [0.15, 0.2) is 0 Å². The van der Waals surface area contributed by atoms with Gasteiger partial charge in [-0.05, 0) is 19.8 Å². The summed E-state index contributed by atoms with van der Waals surface area (Å²) in [6.45, 7) is 1.15. The predicted molar refractivity (Wildman–Crippen MR) is 106 cm³/mol. The summed E-state index contributed by atoms with van der Waals surface area (Å²) in [5.74, 6) is -7.30. The number of aliphatic carboxylic acids is 2. The monoisotopic (exact) mass is 460 g/mol. The van der Waals surface area contributed by atoms with E-state index in [-0.39, 0.29) is 12.8 Å². The predicted octanol–water partition coefficient (Wildman–Crippen LogP) is -4.12. The fourth-order valence-corrected chi connectivity index (χ4v) is 2.30. The molecule has 0 bridgehead atoms. The van der Waals surface area contributed by atoms with Crippen molar-refractivity contribution < 1.29 is 43.8 Å². The van der Waals surface area contributed by atoms with E-state index >= 15 is 0 Å². The average Bonchev–Trinajstić information content (AvgIpc) is 2.67. The van der Waals surface area contributed by atoms with Gasteiger partial charge >= 0.3 is 11.9 Å². The summed E-state index contributed by atoms with van der Waals surface area (Å²) in [4.78, 5) is 80.9. The van der Waals surface area contributed by atoms with Crippen molar-refractivity contribution >= 4 is 41.5 Å². The maximum atomic E-state index is 12.6. The largest absolute Gasteiger partial charge is 0.481 e. The van der Waals surface area contributed by atoms with E-state index in [9.17, 15) is 33.6 Å². The molecule has 0 fully saturated rings. The number of carbonyl (C=O) groups is 7. The summed E-state index contributed by atoms with van der Waals surface area (Å²) in [5, 5.41) is 24.2. The molecule has 0 heterocycles. The van der Waals surface area contributed by atoms with E-state index < -0.39 is 84.9 Å². The highest BCUT2D eigenvalue weighted by Gasteiger charge is 2.30. The van der Waals surface area contributed by atoms with Gasteiger partial charge in [-0.25, -0.2) is 0 Å². The van der Waals surface area contributed by atoms with Crippen LogP contribution in [0.4, 0.5) is 0 Å². The molecule has 0 saturated carbocycles. The zero-order valence-electron chi connectivity index (χ0n) is 17.3. The maximum Gasteiger partial charge on any atom is 0.325 e. The van der Waals surface area contributed by atoms with E-state index in [1.165, 1.54) is 0 Å². The second-order valence-corrected chi connectivity index (χ2v) is 6.91. The van der Waals surface area contributed by atoms with Crippen molar-refractivity contribution in [2.24, 2.45) is 17.2 Å². The Balaban J connectivity index is 5.40. The van der Waals surface area contributed by atoms with Gasteiger partial charge in [0.25, 0.3) is 0 Å². The molecule has 0 aliphatic carbocycles. The molecule has 0 aromatic rings. The first-order valence-corrected chi connectivity index (χ1v) is 9.42. The van der Waals surface area contributed by atoms with Crippen molar-refractivity contribution in [1.29, 1.82) is 0 Å². The molecule has 15 heteroatoms. The van der Waals surface area contributed by atoms with Crippen molar-refractivity contribution in [3.05, 3.63) is 0 Å². The summed E-state index contributed by atoms with van der Waals surface area (Å²) in [7, 11) is 0. The number of nitrogens with one attached hydrogen (secondary N) is 3. The third-order valence-electron chi connectivity index (χ3n) is 4.09. The van der Waals surface area contributed by atoms with Crippen LogP contribution in [0.25, 0.3) is 0 Å². The number of carbonyl (C=O) groups excluding carboxylic acids is 5. The van der Waals surface area contributed by atoms with Gasteiger partial charge in [0.1, 0.15) is 18.1 Å². The van der Waals surface area contributed by atoms with Crippen LogP contribution in [0, 0.1) is 0 Å². The van der Waals surface area contributed by atoms with Gasteiger partial charge in [0.05, 0.1) is 12.5 Å². The van der Waals surface area contributed by atoms with E-state index in [1.807, 2.05) is 0 Å². The molecule has 0 aliphatic rings. The van der Waals surface area contributed by atoms with Crippen molar-refractivity contribution in [3.8, 4) is 0 Å². The van der Waals surface area contributed by atoms with Crippen LogP contribution in [0.1, 0.15) is 39.0 Å². The Morgan fingerprint density at radius 2 is 1.28 bits per heavy atom. The molecular weight excluding hydrogens is 432 g/mol. The molecule has 0 aliphatic heterocycles. The Bertz CT molecular complexity index is 757. The number of rotatable bonds is 15. The number of amides is 5. The van der Waals surface area contributed by atoms with E-state index in [0.29, 0.717) is 0 Å². The average molecular weight is 460 g/mol. The van der Waals surface area contributed by atoms with Gasteiger partial charge in [0.15, 0.2) is 0 Å². The molecule has 4 atom stereocenters. The van der Waals surface area contributed by atoms with Crippen molar-refractivity contribution in [2.45, 2.75) is 63.2 Å². The van der Waals surface area contributed by atoms with Gasteiger partial charge in [0, 0.05) is 12.8 Å². The lowest BCUT2D eigenvalue weighted by Gasteiger charge is -2.24. The molecule has 11 N–H and O–H groups in total. The second kappa shape index (κ2) is 13.5. The van der Waals surface area contributed by atoms with Crippen LogP contribution < -0.4 is 33.2 Å². The quantitative estimate of drug-likeness (QED) is 0.117. The minimum atomic E-state index is -1.57. The lowest BCUT2D eigenvalue weighted by atomic mass is 10.1. The highest BCUT2D eigenvalue weighted by atomic mass is 16.4. The molecule has 0 radical (unpaired) electrons. The number of hydrogen-bond donors (Lipinski definition) is 8. The number of carboxylic acid groups (broad SMARTS) is 2. The lowest BCUT2D eigenvalue weighted by Crippen LogP contribution is -2.57. The third-order valence-corrected chi connectivity index (χ3v) is 4.09. The summed E-state index contributed by atoms with van der Waals surface area (Å²) in [6.07, 6.45) is -1.98. The molecule has 5 amide bonds. The maximum absolute atomic E-state index is 12.6. The fraction of sp³-hybridized carbons (Fsp3) is 0.588. The molecule has 0 saturated heterocycles. The molecule has 0 aromatic heterocycles. The van der Waals surface area contributed by atoms with Gasteiger partial charge in [-0.3, -0.25) is 33.6 Å². The van der Waals surface area contributed by atoms with Crippen LogP contribution in [0.5, 0.6) is 0 Å². The Kier molecular flexibility index (Phi) is 11.9. The topological polar surface area (TPSA) is 274 Å². The fourth-order valence-electron chi connectivity index (χ4n) is 2.30. The first-order valence-electron chi connectivity index (χ1n) is 9.42. The van der Waals surface area contributed by atoms with E-state index in [2.05, 4.69) is 16.0 Å². The third kappa shape index (κ3) is 11.4.